The maximum Gasteiger partial charge on any atom is 0.0705 e. The zero-order chi connectivity index (χ0) is 9.97. The van der Waals surface area contributed by atoms with Gasteiger partial charge in [-0.3, -0.25) is 4.98 Å². The van der Waals surface area contributed by atoms with Gasteiger partial charge in [-0.1, -0.05) is 18.2 Å². The van der Waals surface area contributed by atoms with Crippen LogP contribution in [0.25, 0.3) is 10.9 Å². The standard InChI is InChI=1S/C12H14N2/c1-9(13-2)11-6-5-10-4-3-7-14-12(10)8-11/h3-9,13H,1-2H3. The fraction of sp³-hybridized carbons (Fsp3) is 0.250. The summed E-state index contributed by atoms with van der Waals surface area (Å²) in [7, 11) is 1.97. The van der Waals surface area contributed by atoms with E-state index in [-0.39, 0.29) is 0 Å². The van der Waals surface area contributed by atoms with Crippen molar-refractivity contribution in [3.63, 3.8) is 0 Å². The highest BCUT2D eigenvalue weighted by atomic mass is 14.9. The van der Waals surface area contributed by atoms with Gasteiger partial charge in [-0.2, -0.15) is 0 Å². The highest BCUT2D eigenvalue weighted by Gasteiger charge is 2.02. The Morgan fingerprint density at radius 2 is 2.14 bits per heavy atom. The van der Waals surface area contributed by atoms with Crippen molar-refractivity contribution in [1.82, 2.24) is 10.3 Å². The third kappa shape index (κ3) is 1.61. The molecule has 0 aliphatic carbocycles. The molecule has 2 rings (SSSR count). The van der Waals surface area contributed by atoms with Gasteiger partial charge in [0.15, 0.2) is 0 Å². The van der Waals surface area contributed by atoms with Gasteiger partial charge >= 0.3 is 0 Å². The third-order valence-electron chi connectivity index (χ3n) is 2.56. The van der Waals surface area contributed by atoms with Gasteiger partial charge in [0.1, 0.15) is 0 Å². The summed E-state index contributed by atoms with van der Waals surface area (Å²) < 4.78 is 0. The van der Waals surface area contributed by atoms with Crippen molar-refractivity contribution in [3.05, 3.63) is 42.1 Å². The first kappa shape index (κ1) is 9.16. The summed E-state index contributed by atoms with van der Waals surface area (Å²) in [6.45, 7) is 2.14. The van der Waals surface area contributed by atoms with Gasteiger partial charge in [-0.15, -0.1) is 0 Å². The summed E-state index contributed by atoms with van der Waals surface area (Å²) >= 11 is 0. The molecule has 2 nitrogen and oxygen atoms in total. The van der Waals surface area contributed by atoms with Crippen molar-refractivity contribution in [2.45, 2.75) is 13.0 Å². The number of hydrogen-bond donors (Lipinski definition) is 1. The first-order chi connectivity index (χ1) is 6.81. The number of fused-ring (bicyclic) bond motifs is 1. The van der Waals surface area contributed by atoms with Crippen LogP contribution in [0.4, 0.5) is 0 Å². The Balaban J connectivity index is 2.51. The lowest BCUT2D eigenvalue weighted by Crippen LogP contribution is -2.11. The number of aromatic nitrogens is 1. The first-order valence-corrected chi connectivity index (χ1v) is 4.83. The second-order valence-corrected chi connectivity index (χ2v) is 3.47. The topological polar surface area (TPSA) is 24.9 Å². The van der Waals surface area contributed by atoms with Crippen molar-refractivity contribution < 1.29 is 0 Å². The normalized spacial score (nSPS) is 13.0. The van der Waals surface area contributed by atoms with E-state index in [1.54, 1.807) is 0 Å². The summed E-state index contributed by atoms with van der Waals surface area (Å²) in [4.78, 5) is 4.33. The number of pyridine rings is 1. The fourth-order valence-electron chi connectivity index (χ4n) is 1.52. The van der Waals surface area contributed by atoms with E-state index >= 15 is 0 Å². The molecule has 1 aromatic carbocycles. The molecule has 1 N–H and O–H groups in total. The van der Waals surface area contributed by atoms with E-state index in [0.717, 1.165) is 5.52 Å². The van der Waals surface area contributed by atoms with Gasteiger partial charge in [0.25, 0.3) is 0 Å². The molecule has 14 heavy (non-hydrogen) atoms. The van der Waals surface area contributed by atoms with Crippen LogP contribution in [0.3, 0.4) is 0 Å². The van der Waals surface area contributed by atoms with E-state index in [9.17, 15) is 0 Å². The molecule has 2 heteroatoms. The monoisotopic (exact) mass is 186 g/mol. The smallest absolute Gasteiger partial charge is 0.0705 e. The van der Waals surface area contributed by atoms with Crippen LogP contribution in [-0.2, 0) is 0 Å². The molecule has 0 saturated heterocycles. The van der Waals surface area contributed by atoms with Gasteiger partial charge in [0, 0.05) is 17.6 Å². The molecule has 72 valence electrons. The molecule has 1 unspecified atom stereocenters. The lowest BCUT2D eigenvalue weighted by molar-refractivity contribution is 0.653. The van der Waals surface area contributed by atoms with Crippen LogP contribution in [0.15, 0.2) is 36.5 Å². The zero-order valence-electron chi connectivity index (χ0n) is 8.49. The van der Waals surface area contributed by atoms with Gasteiger partial charge in [-0.25, -0.2) is 0 Å². The molecule has 0 saturated carbocycles. The van der Waals surface area contributed by atoms with Gasteiger partial charge in [0.2, 0.25) is 0 Å². The number of nitrogens with zero attached hydrogens (tertiary/aromatic N) is 1. The van der Waals surface area contributed by atoms with Crippen LogP contribution in [0.2, 0.25) is 0 Å². The molecular formula is C12H14N2. The van der Waals surface area contributed by atoms with Crippen LogP contribution in [0.1, 0.15) is 18.5 Å². The highest BCUT2D eigenvalue weighted by molar-refractivity contribution is 5.78. The number of benzene rings is 1. The van der Waals surface area contributed by atoms with Crippen LogP contribution in [0.5, 0.6) is 0 Å². The Hall–Kier alpha value is -1.41. The predicted octanol–water partition coefficient (Wildman–Crippen LogP) is 2.52. The first-order valence-electron chi connectivity index (χ1n) is 4.83. The minimum absolute atomic E-state index is 0.376. The average Bonchev–Trinajstić information content (AvgIpc) is 2.27. The van der Waals surface area contributed by atoms with Gasteiger partial charge in [-0.05, 0) is 31.7 Å². The SMILES string of the molecule is CNC(C)c1ccc2cccnc2c1. The number of nitrogens with one attached hydrogen (secondary N) is 1. The Labute approximate surface area is 84.0 Å². The molecule has 0 fully saturated rings. The Morgan fingerprint density at radius 1 is 1.29 bits per heavy atom. The predicted molar refractivity (Wildman–Crippen MR) is 59.2 cm³/mol. The summed E-state index contributed by atoms with van der Waals surface area (Å²) in [5, 5.41) is 4.41. The van der Waals surface area contributed by atoms with Gasteiger partial charge < -0.3 is 5.32 Å². The van der Waals surface area contributed by atoms with Crippen molar-refractivity contribution >= 4 is 10.9 Å². The van der Waals surface area contributed by atoms with Crippen molar-refractivity contribution in [2.75, 3.05) is 7.05 Å². The quantitative estimate of drug-likeness (QED) is 0.779. The molecule has 1 aromatic heterocycles. The summed E-state index contributed by atoms with van der Waals surface area (Å²) in [6, 6.07) is 10.8. The Kier molecular flexibility index (Phi) is 2.46. The van der Waals surface area contributed by atoms with Crippen LogP contribution in [-0.4, -0.2) is 12.0 Å². The molecule has 0 amide bonds. The van der Waals surface area contributed by atoms with Crippen molar-refractivity contribution in [1.29, 1.82) is 0 Å². The minimum atomic E-state index is 0.376. The van der Waals surface area contributed by atoms with Crippen molar-refractivity contribution in [2.24, 2.45) is 0 Å². The molecule has 0 spiro atoms. The zero-order valence-corrected chi connectivity index (χ0v) is 8.49. The molecule has 2 aromatic rings. The second kappa shape index (κ2) is 3.76. The van der Waals surface area contributed by atoms with Crippen molar-refractivity contribution in [3.8, 4) is 0 Å². The molecule has 0 aliphatic rings. The van der Waals surface area contributed by atoms with Crippen LogP contribution < -0.4 is 5.32 Å². The van der Waals surface area contributed by atoms with E-state index in [4.69, 9.17) is 0 Å². The maximum absolute atomic E-state index is 4.33. The van der Waals surface area contributed by atoms with E-state index < -0.39 is 0 Å². The maximum atomic E-state index is 4.33. The van der Waals surface area contributed by atoms with E-state index in [0.29, 0.717) is 6.04 Å². The summed E-state index contributed by atoms with van der Waals surface area (Å²) in [6.07, 6.45) is 1.83. The molecule has 0 bridgehead atoms. The molecule has 1 atom stereocenters. The van der Waals surface area contributed by atoms with E-state index in [2.05, 4.69) is 41.5 Å². The second-order valence-electron chi connectivity index (χ2n) is 3.47. The minimum Gasteiger partial charge on any atom is -0.313 e. The third-order valence-corrected chi connectivity index (χ3v) is 2.56. The summed E-state index contributed by atoms with van der Waals surface area (Å²) in [5.41, 5.74) is 2.34. The fourth-order valence-corrected chi connectivity index (χ4v) is 1.52. The number of hydrogen-bond acceptors (Lipinski definition) is 2. The Morgan fingerprint density at radius 3 is 2.93 bits per heavy atom. The lowest BCUT2D eigenvalue weighted by atomic mass is 10.1. The average molecular weight is 186 g/mol. The Bertz CT molecular complexity index is 437. The van der Waals surface area contributed by atoms with E-state index in [1.807, 2.05) is 19.3 Å². The largest absolute Gasteiger partial charge is 0.313 e. The molecule has 1 heterocycles. The molecule has 0 radical (unpaired) electrons. The van der Waals surface area contributed by atoms with E-state index in [1.165, 1.54) is 10.9 Å². The molecular weight excluding hydrogens is 172 g/mol. The summed E-state index contributed by atoms with van der Waals surface area (Å²) in [5.74, 6) is 0. The van der Waals surface area contributed by atoms with Crippen LogP contribution in [0, 0.1) is 0 Å². The number of rotatable bonds is 2. The van der Waals surface area contributed by atoms with Gasteiger partial charge in [0.05, 0.1) is 5.52 Å². The highest BCUT2D eigenvalue weighted by Crippen LogP contribution is 2.17. The van der Waals surface area contributed by atoms with Crippen LogP contribution >= 0.6 is 0 Å². The molecule has 0 aliphatic heterocycles. The lowest BCUT2D eigenvalue weighted by Gasteiger charge is -2.10.